The molecule has 0 unspecified atom stereocenters. The number of carbonyl (C=O) groups is 1. The van der Waals surface area contributed by atoms with Gasteiger partial charge in [0.25, 0.3) is 0 Å². The van der Waals surface area contributed by atoms with Crippen LogP contribution in [0.15, 0.2) is 29.8 Å². The Bertz CT molecular complexity index is 649. The highest BCUT2D eigenvalue weighted by molar-refractivity contribution is 8.00. The number of thioether (sulfide) groups is 1. The maximum Gasteiger partial charge on any atom is 0.236 e. The van der Waals surface area contributed by atoms with E-state index in [9.17, 15) is 4.79 Å². The molecule has 7 heteroatoms. The summed E-state index contributed by atoms with van der Waals surface area (Å²) in [6.45, 7) is 5.63. The fraction of sp³-hybridized carbons (Fsp3) is 0.500. The predicted octanol–water partition coefficient (Wildman–Crippen LogP) is 1.70. The van der Waals surface area contributed by atoms with E-state index in [0.29, 0.717) is 0 Å². The minimum absolute atomic E-state index is 0.115. The highest BCUT2D eigenvalue weighted by Crippen LogP contribution is 2.29. The first-order valence-electron chi connectivity index (χ1n) is 7.04. The first kappa shape index (κ1) is 14.2. The number of rotatable bonds is 3. The number of aryl methyl sites for hydroxylation is 1. The van der Waals surface area contributed by atoms with Gasteiger partial charge in [0.05, 0.1) is 11.3 Å². The largest absolute Gasteiger partial charge is 0.348 e. The van der Waals surface area contributed by atoms with E-state index in [4.69, 9.17) is 0 Å². The molecule has 2 atom stereocenters. The smallest absolute Gasteiger partial charge is 0.236 e. The van der Waals surface area contributed by atoms with Crippen molar-refractivity contribution in [2.24, 2.45) is 7.05 Å². The Labute approximate surface area is 128 Å². The maximum atomic E-state index is 12.7. The Hall–Kier alpha value is -1.76. The van der Waals surface area contributed by atoms with Crippen molar-refractivity contribution in [3.63, 3.8) is 0 Å². The standard InChI is InChI=1S/C14H19N5OS/c1-10-12-5-4-6-18(12)7-8-19(10)13(20)11(2)21-14-16-15-9-17(14)3/h4-6,9-11H,7-8H2,1-3H3/t10-,11+/m1/s1. The molecule has 6 nitrogen and oxygen atoms in total. The highest BCUT2D eigenvalue weighted by Gasteiger charge is 2.31. The van der Waals surface area contributed by atoms with Gasteiger partial charge in [-0.3, -0.25) is 4.79 Å². The molecule has 0 saturated heterocycles. The van der Waals surface area contributed by atoms with Gasteiger partial charge in [0.1, 0.15) is 6.33 Å². The second kappa shape index (κ2) is 5.55. The number of hydrogen-bond acceptors (Lipinski definition) is 4. The third-order valence-electron chi connectivity index (χ3n) is 3.92. The van der Waals surface area contributed by atoms with Crippen molar-refractivity contribution >= 4 is 17.7 Å². The van der Waals surface area contributed by atoms with Crippen LogP contribution < -0.4 is 0 Å². The van der Waals surface area contributed by atoms with E-state index in [-0.39, 0.29) is 17.2 Å². The van der Waals surface area contributed by atoms with Crippen molar-refractivity contribution in [2.75, 3.05) is 6.54 Å². The summed E-state index contributed by atoms with van der Waals surface area (Å²) in [6.07, 6.45) is 3.72. The molecule has 112 valence electrons. The molecule has 1 amide bonds. The summed E-state index contributed by atoms with van der Waals surface area (Å²) in [7, 11) is 1.88. The van der Waals surface area contributed by atoms with Gasteiger partial charge >= 0.3 is 0 Å². The molecule has 1 aliphatic heterocycles. The SMILES string of the molecule is C[C@H](Sc1nncn1C)C(=O)N1CCn2cccc2[C@H]1C. The molecule has 2 aromatic heterocycles. The summed E-state index contributed by atoms with van der Waals surface area (Å²) in [5.41, 5.74) is 1.20. The van der Waals surface area contributed by atoms with Gasteiger partial charge in [0.2, 0.25) is 5.91 Å². The lowest BCUT2D eigenvalue weighted by molar-refractivity contribution is -0.133. The summed E-state index contributed by atoms with van der Waals surface area (Å²) in [5, 5.41) is 8.48. The van der Waals surface area contributed by atoms with E-state index in [0.717, 1.165) is 18.2 Å². The molecule has 3 rings (SSSR count). The Morgan fingerprint density at radius 2 is 2.29 bits per heavy atom. The Kier molecular flexibility index (Phi) is 3.75. The Morgan fingerprint density at radius 1 is 1.48 bits per heavy atom. The molecule has 0 saturated carbocycles. The quantitative estimate of drug-likeness (QED) is 0.810. The molecule has 0 aliphatic carbocycles. The number of aromatic nitrogens is 4. The molecule has 0 N–H and O–H groups in total. The topological polar surface area (TPSA) is 56.0 Å². The van der Waals surface area contributed by atoms with E-state index in [2.05, 4.69) is 34.0 Å². The fourth-order valence-electron chi connectivity index (χ4n) is 2.70. The Morgan fingerprint density at radius 3 is 3.00 bits per heavy atom. The first-order chi connectivity index (χ1) is 10.1. The van der Waals surface area contributed by atoms with Crippen LogP contribution in [0.1, 0.15) is 25.6 Å². The van der Waals surface area contributed by atoms with Crippen LogP contribution in [0.4, 0.5) is 0 Å². The van der Waals surface area contributed by atoms with Gasteiger partial charge in [0, 0.05) is 32.0 Å². The average Bonchev–Trinajstić information content (AvgIpc) is 3.08. The second-order valence-corrected chi connectivity index (χ2v) is 6.63. The Balaban J connectivity index is 1.72. The third-order valence-corrected chi connectivity index (χ3v) is 5.06. The van der Waals surface area contributed by atoms with E-state index in [1.807, 2.05) is 29.5 Å². The number of hydrogen-bond donors (Lipinski definition) is 0. The number of amides is 1. The van der Waals surface area contributed by atoms with Gasteiger partial charge in [-0.05, 0) is 26.0 Å². The molecule has 0 bridgehead atoms. The van der Waals surface area contributed by atoms with E-state index in [1.165, 1.54) is 17.5 Å². The normalized spacial score (nSPS) is 19.4. The number of carbonyl (C=O) groups excluding carboxylic acids is 1. The molecule has 0 radical (unpaired) electrons. The monoisotopic (exact) mass is 305 g/mol. The van der Waals surface area contributed by atoms with E-state index >= 15 is 0 Å². The molecule has 21 heavy (non-hydrogen) atoms. The molecule has 0 fully saturated rings. The van der Waals surface area contributed by atoms with Crippen LogP contribution in [-0.4, -0.2) is 41.9 Å². The van der Waals surface area contributed by atoms with Crippen LogP contribution in [0.2, 0.25) is 0 Å². The highest BCUT2D eigenvalue weighted by atomic mass is 32.2. The molecule has 2 aromatic rings. The van der Waals surface area contributed by atoms with Gasteiger partial charge < -0.3 is 14.0 Å². The summed E-state index contributed by atoms with van der Waals surface area (Å²) in [6, 6.07) is 4.24. The number of nitrogens with zero attached hydrogens (tertiary/aromatic N) is 5. The first-order valence-corrected chi connectivity index (χ1v) is 7.92. The van der Waals surface area contributed by atoms with Gasteiger partial charge in [-0.1, -0.05) is 11.8 Å². The van der Waals surface area contributed by atoms with Crippen molar-refractivity contribution in [1.82, 2.24) is 24.2 Å². The summed E-state index contributed by atoms with van der Waals surface area (Å²) in [4.78, 5) is 14.7. The van der Waals surface area contributed by atoms with Crippen LogP contribution in [0, 0.1) is 0 Å². The molecular weight excluding hydrogens is 286 g/mol. The van der Waals surface area contributed by atoms with Crippen molar-refractivity contribution in [2.45, 2.75) is 36.8 Å². The van der Waals surface area contributed by atoms with Crippen molar-refractivity contribution in [3.8, 4) is 0 Å². The lowest BCUT2D eigenvalue weighted by atomic mass is 10.1. The average molecular weight is 305 g/mol. The molecular formula is C14H19N5OS. The van der Waals surface area contributed by atoms with Crippen LogP contribution in [0.5, 0.6) is 0 Å². The zero-order valence-electron chi connectivity index (χ0n) is 12.4. The predicted molar refractivity (Wildman–Crippen MR) is 80.9 cm³/mol. The maximum absolute atomic E-state index is 12.7. The minimum Gasteiger partial charge on any atom is -0.348 e. The summed E-state index contributed by atoms with van der Waals surface area (Å²) < 4.78 is 4.05. The summed E-state index contributed by atoms with van der Waals surface area (Å²) >= 11 is 1.46. The van der Waals surface area contributed by atoms with Gasteiger partial charge in [-0.2, -0.15) is 0 Å². The van der Waals surface area contributed by atoms with Gasteiger partial charge in [-0.25, -0.2) is 0 Å². The van der Waals surface area contributed by atoms with Gasteiger partial charge in [0.15, 0.2) is 5.16 Å². The van der Waals surface area contributed by atoms with E-state index < -0.39 is 0 Å². The van der Waals surface area contributed by atoms with Crippen molar-refractivity contribution in [3.05, 3.63) is 30.4 Å². The second-order valence-electron chi connectivity index (χ2n) is 5.32. The summed E-state index contributed by atoms with van der Waals surface area (Å²) in [5.74, 6) is 0.156. The van der Waals surface area contributed by atoms with Crippen molar-refractivity contribution in [1.29, 1.82) is 0 Å². The zero-order chi connectivity index (χ0) is 15.0. The van der Waals surface area contributed by atoms with E-state index in [1.54, 1.807) is 6.33 Å². The lowest BCUT2D eigenvalue weighted by Gasteiger charge is -2.36. The van der Waals surface area contributed by atoms with Crippen LogP contribution >= 0.6 is 11.8 Å². The van der Waals surface area contributed by atoms with Crippen molar-refractivity contribution < 1.29 is 4.79 Å². The van der Waals surface area contributed by atoms with Crippen LogP contribution in [-0.2, 0) is 18.4 Å². The number of fused-ring (bicyclic) bond motifs is 1. The molecule has 0 aromatic carbocycles. The van der Waals surface area contributed by atoms with Gasteiger partial charge in [-0.15, -0.1) is 10.2 Å². The fourth-order valence-corrected chi connectivity index (χ4v) is 3.56. The minimum atomic E-state index is -0.170. The molecule has 3 heterocycles. The lowest BCUT2D eigenvalue weighted by Crippen LogP contribution is -2.44. The molecule has 1 aliphatic rings. The third kappa shape index (κ3) is 2.57. The zero-order valence-corrected chi connectivity index (χ0v) is 13.2. The van der Waals surface area contributed by atoms with Crippen LogP contribution in [0.25, 0.3) is 0 Å². The van der Waals surface area contributed by atoms with Crippen LogP contribution in [0.3, 0.4) is 0 Å². The molecule has 0 spiro atoms.